The lowest BCUT2D eigenvalue weighted by Crippen LogP contribution is -2.48. The van der Waals surface area contributed by atoms with Crippen LogP contribution in [0.25, 0.3) is 0 Å². The van der Waals surface area contributed by atoms with Gasteiger partial charge in [-0.3, -0.25) is 4.79 Å². The zero-order valence-corrected chi connectivity index (χ0v) is 9.27. The minimum absolute atomic E-state index is 0.0826. The van der Waals surface area contributed by atoms with Crippen LogP contribution in [-0.2, 0) is 4.79 Å². The normalized spacial score (nSPS) is 15.9. The predicted octanol–water partition coefficient (Wildman–Crippen LogP) is 1.81. The molecule has 1 heterocycles. The Bertz CT molecular complexity index is 388. The summed E-state index contributed by atoms with van der Waals surface area (Å²) in [6.45, 7) is 3.48. The summed E-state index contributed by atoms with van der Waals surface area (Å²) < 4.78 is 0. The van der Waals surface area contributed by atoms with Gasteiger partial charge in [-0.2, -0.15) is 0 Å². The van der Waals surface area contributed by atoms with Gasteiger partial charge in [-0.05, 0) is 30.7 Å². The summed E-state index contributed by atoms with van der Waals surface area (Å²) in [5.74, 6) is 0.194. The average Bonchev–Trinajstić information content (AvgIpc) is 2.07. The Morgan fingerprint density at radius 1 is 1.53 bits per heavy atom. The summed E-state index contributed by atoms with van der Waals surface area (Å²) in [5.41, 5.74) is 1.83. The second-order valence-corrected chi connectivity index (χ2v) is 4.24. The number of halogens is 1. The highest BCUT2D eigenvalue weighted by Crippen LogP contribution is 2.20. The van der Waals surface area contributed by atoms with Crippen molar-refractivity contribution in [3.8, 4) is 0 Å². The lowest BCUT2D eigenvalue weighted by Gasteiger charge is -2.26. The van der Waals surface area contributed by atoms with Crippen LogP contribution in [0, 0.1) is 12.8 Å². The van der Waals surface area contributed by atoms with Crippen LogP contribution in [0.1, 0.15) is 5.56 Å². The Kier molecular flexibility index (Phi) is 2.93. The van der Waals surface area contributed by atoms with Gasteiger partial charge in [0, 0.05) is 23.8 Å². The summed E-state index contributed by atoms with van der Waals surface area (Å²) in [4.78, 5) is 11.6. The number of amides is 1. The van der Waals surface area contributed by atoms with Crippen LogP contribution in [0.5, 0.6) is 0 Å². The number of carbonyl (C=O) groups is 1. The number of nitrogens with one attached hydrogen (secondary N) is 2. The fraction of sp³-hybridized carbons (Fsp3) is 0.364. The largest absolute Gasteiger partial charge is 0.326 e. The van der Waals surface area contributed by atoms with Gasteiger partial charge in [-0.1, -0.05) is 11.6 Å². The van der Waals surface area contributed by atoms with E-state index in [1.807, 2.05) is 19.1 Å². The molecule has 3 nitrogen and oxygen atoms in total. The fourth-order valence-corrected chi connectivity index (χ4v) is 1.70. The number of anilines is 1. The van der Waals surface area contributed by atoms with Gasteiger partial charge in [0.25, 0.3) is 0 Å². The first-order chi connectivity index (χ1) is 7.16. The molecule has 0 atom stereocenters. The molecule has 1 aromatic carbocycles. The molecule has 0 aromatic heterocycles. The molecule has 1 fully saturated rings. The number of carbonyl (C=O) groups excluding carboxylic acids is 1. The lowest BCUT2D eigenvalue weighted by molar-refractivity contribution is -0.121. The van der Waals surface area contributed by atoms with Gasteiger partial charge in [0.1, 0.15) is 0 Å². The second kappa shape index (κ2) is 4.21. The summed E-state index contributed by atoms with van der Waals surface area (Å²) >= 11 is 5.83. The Hall–Kier alpha value is -1.06. The zero-order chi connectivity index (χ0) is 10.8. The van der Waals surface area contributed by atoms with Gasteiger partial charge in [0.05, 0.1) is 5.92 Å². The summed E-state index contributed by atoms with van der Waals surface area (Å²) in [7, 11) is 0. The monoisotopic (exact) mass is 224 g/mol. The number of aryl methyl sites for hydroxylation is 1. The number of rotatable bonds is 2. The molecular weight excluding hydrogens is 212 g/mol. The molecule has 1 aliphatic heterocycles. The summed E-state index contributed by atoms with van der Waals surface area (Å²) in [6.07, 6.45) is 0. The molecule has 1 aromatic rings. The molecule has 0 bridgehead atoms. The molecule has 0 aliphatic carbocycles. The summed E-state index contributed by atoms with van der Waals surface area (Å²) in [5, 5.41) is 6.66. The summed E-state index contributed by atoms with van der Waals surface area (Å²) in [6, 6.07) is 5.46. The molecule has 0 saturated carbocycles. The van der Waals surface area contributed by atoms with Gasteiger partial charge in [0.2, 0.25) is 5.91 Å². The molecule has 1 saturated heterocycles. The minimum atomic E-state index is 0.0826. The van der Waals surface area contributed by atoms with E-state index in [1.54, 1.807) is 6.07 Å². The van der Waals surface area contributed by atoms with Gasteiger partial charge in [-0.25, -0.2) is 0 Å². The lowest BCUT2D eigenvalue weighted by atomic mass is 10.0. The van der Waals surface area contributed by atoms with E-state index in [4.69, 9.17) is 11.6 Å². The van der Waals surface area contributed by atoms with Crippen molar-refractivity contribution < 1.29 is 4.79 Å². The smallest absolute Gasteiger partial charge is 0.230 e. The van der Waals surface area contributed by atoms with E-state index in [0.717, 1.165) is 24.3 Å². The molecule has 80 valence electrons. The number of benzene rings is 1. The third-order valence-electron chi connectivity index (χ3n) is 2.60. The van der Waals surface area contributed by atoms with E-state index >= 15 is 0 Å². The quantitative estimate of drug-likeness (QED) is 0.805. The van der Waals surface area contributed by atoms with Crippen LogP contribution in [0.3, 0.4) is 0 Å². The van der Waals surface area contributed by atoms with Gasteiger partial charge >= 0.3 is 0 Å². The molecule has 2 rings (SSSR count). The van der Waals surface area contributed by atoms with Crippen molar-refractivity contribution >= 4 is 23.2 Å². The van der Waals surface area contributed by atoms with E-state index in [1.165, 1.54) is 0 Å². The number of hydrogen-bond donors (Lipinski definition) is 2. The second-order valence-electron chi connectivity index (χ2n) is 3.80. The molecule has 4 heteroatoms. The molecule has 2 N–H and O–H groups in total. The minimum Gasteiger partial charge on any atom is -0.326 e. The van der Waals surface area contributed by atoms with Crippen molar-refractivity contribution in [2.24, 2.45) is 5.92 Å². The first kappa shape index (κ1) is 10.5. The maximum Gasteiger partial charge on any atom is 0.230 e. The Balaban J connectivity index is 2.06. The number of hydrogen-bond acceptors (Lipinski definition) is 2. The van der Waals surface area contributed by atoms with Crippen molar-refractivity contribution in [3.63, 3.8) is 0 Å². The zero-order valence-electron chi connectivity index (χ0n) is 8.51. The van der Waals surface area contributed by atoms with Crippen molar-refractivity contribution in [2.75, 3.05) is 18.4 Å². The standard InChI is InChI=1S/C11H13ClN2O/c1-7-4-9(12)2-3-10(7)14-11(15)8-5-13-6-8/h2-4,8,13H,5-6H2,1H3,(H,14,15). The van der Waals surface area contributed by atoms with Gasteiger partial charge in [-0.15, -0.1) is 0 Å². The van der Waals surface area contributed by atoms with Crippen LogP contribution in [0.15, 0.2) is 18.2 Å². The van der Waals surface area contributed by atoms with Gasteiger partial charge in [0.15, 0.2) is 0 Å². The molecule has 0 spiro atoms. The average molecular weight is 225 g/mol. The van der Waals surface area contributed by atoms with Crippen LogP contribution in [-0.4, -0.2) is 19.0 Å². The first-order valence-electron chi connectivity index (χ1n) is 4.94. The van der Waals surface area contributed by atoms with Gasteiger partial charge < -0.3 is 10.6 Å². The molecule has 15 heavy (non-hydrogen) atoms. The Labute approximate surface area is 93.8 Å². The van der Waals surface area contributed by atoms with Crippen LogP contribution < -0.4 is 10.6 Å². The fourth-order valence-electron chi connectivity index (χ4n) is 1.48. The van der Waals surface area contributed by atoms with E-state index in [-0.39, 0.29) is 11.8 Å². The molecule has 0 radical (unpaired) electrons. The van der Waals surface area contributed by atoms with Crippen LogP contribution in [0.4, 0.5) is 5.69 Å². The van der Waals surface area contributed by atoms with E-state index in [2.05, 4.69) is 10.6 Å². The molecular formula is C11H13ClN2O. The molecule has 1 amide bonds. The molecule has 0 unspecified atom stereocenters. The third kappa shape index (κ3) is 2.30. The van der Waals surface area contributed by atoms with E-state index < -0.39 is 0 Å². The highest BCUT2D eigenvalue weighted by molar-refractivity contribution is 6.30. The molecule has 1 aliphatic rings. The van der Waals surface area contributed by atoms with Crippen LogP contribution >= 0.6 is 11.6 Å². The van der Waals surface area contributed by atoms with Crippen molar-refractivity contribution in [1.82, 2.24) is 5.32 Å². The highest BCUT2D eigenvalue weighted by Gasteiger charge is 2.24. The van der Waals surface area contributed by atoms with Crippen molar-refractivity contribution in [1.29, 1.82) is 0 Å². The van der Waals surface area contributed by atoms with Crippen molar-refractivity contribution in [3.05, 3.63) is 28.8 Å². The maximum atomic E-state index is 11.6. The van der Waals surface area contributed by atoms with E-state index in [0.29, 0.717) is 5.02 Å². The van der Waals surface area contributed by atoms with Crippen molar-refractivity contribution in [2.45, 2.75) is 6.92 Å². The third-order valence-corrected chi connectivity index (χ3v) is 2.83. The Morgan fingerprint density at radius 2 is 2.27 bits per heavy atom. The van der Waals surface area contributed by atoms with Crippen LogP contribution in [0.2, 0.25) is 5.02 Å². The maximum absolute atomic E-state index is 11.6. The Morgan fingerprint density at radius 3 is 2.80 bits per heavy atom. The first-order valence-corrected chi connectivity index (χ1v) is 5.32. The SMILES string of the molecule is Cc1cc(Cl)ccc1NC(=O)C1CNC1. The highest BCUT2D eigenvalue weighted by atomic mass is 35.5. The van der Waals surface area contributed by atoms with E-state index in [9.17, 15) is 4.79 Å². The predicted molar refractivity (Wildman–Crippen MR) is 61.2 cm³/mol. The topological polar surface area (TPSA) is 41.1 Å².